The van der Waals surface area contributed by atoms with Gasteiger partial charge in [-0.25, -0.2) is 4.39 Å². The summed E-state index contributed by atoms with van der Waals surface area (Å²) < 4.78 is 14.1. The van der Waals surface area contributed by atoms with Crippen molar-refractivity contribution >= 4 is 15.9 Å². The van der Waals surface area contributed by atoms with Crippen molar-refractivity contribution in [1.29, 1.82) is 0 Å². The van der Waals surface area contributed by atoms with Gasteiger partial charge in [0.15, 0.2) is 0 Å². The summed E-state index contributed by atoms with van der Waals surface area (Å²) in [6.45, 7) is 4.03. The van der Waals surface area contributed by atoms with Gasteiger partial charge < -0.3 is 5.73 Å². The predicted octanol–water partition coefficient (Wildman–Crippen LogP) is 3.36. The van der Waals surface area contributed by atoms with Crippen LogP contribution in [0.1, 0.15) is 32.3 Å². The first-order valence-electron chi connectivity index (χ1n) is 5.11. The van der Waals surface area contributed by atoms with Crippen LogP contribution in [0.3, 0.4) is 0 Å². The molecule has 2 rings (SSSR count). The fourth-order valence-electron chi connectivity index (χ4n) is 2.26. The Kier molecular flexibility index (Phi) is 2.43. The molecule has 0 amide bonds. The highest BCUT2D eigenvalue weighted by atomic mass is 79.9. The summed E-state index contributed by atoms with van der Waals surface area (Å²) in [6, 6.07) is 5.06. The van der Waals surface area contributed by atoms with Crippen LogP contribution in [0.4, 0.5) is 4.39 Å². The van der Waals surface area contributed by atoms with Crippen LogP contribution in [0.15, 0.2) is 22.7 Å². The topological polar surface area (TPSA) is 26.0 Å². The van der Waals surface area contributed by atoms with Crippen LogP contribution < -0.4 is 5.73 Å². The number of halogens is 2. The molecule has 1 aliphatic rings. The Bertz CT molecular complexity index is 371. The van der Waals surface area contributed by atoms with Gasteiger partial charge in [-0.15, -0.1) is 0 Å². The van der Waals surface area contributed by atoms with E-state index in [0.717, 1.165) is 22.9 Å². The monoisotopic (exact) mass is 271 g/mol. The van der Waals surface area contributed by atoms with Gasteiger partial charge in [-0.3, -0.25) is 0 Å². The van der Waals surface area contributed by atoms with Gasteiger partial charge in [-0.2, -0.15) is 0 Å². The summed E-state index contributed by atoms with van der Waals surface area (Å²) >= 11 is 3.32. The van der Waals surface area contributed by atoms with Crippen molar-refractivity contribution in [1.82, 2.24) is 0 Å². The third-order valence-electron chi connectivity index (χ3n) is 3.40. The molecular formula is C12H15BrFN. The van der Waals surface area contributed by atoms with Gasteiger partial charge in [0, 0.05) is 15.4 Å². The number of hydrogen-bond acceptors (Lipinski definition) is 1. The lowest BCUT2D eigenvalue weighted by molar-refractivity contribution is 0.390. The minimum atomic E-state index is -0.291. The fraction of sp³-hybridized carbons (Fsp3) is 0.500. The van der Waals surface area contributed by atoms with Gasteiger partial charge in [0.25, 0.3) is 0 Å². The van der Waals surface area contributed by atoms with Crippen LogP contribution in [0.25, 0.3) is 0 Å². The molecule has 82 valence electrons. The van der Waals surface area contributed by atoms with Crippen LogP contribution in [0.2, 0.25) is 0 Å². The van der Waals surface area contributed by atoms with E-state index in [1.54, 1.807) is 6.07 Å². The molecule has 0 saturated heterocycles. The van der Waals surface area contributed by atoms with Crippen LogP contribution in [0.5, 0.6) is 0 Å². The quantitative estimate of drug-likeness (QED) is 0.877. The second-order valence-corrected chi connectivity index (χ2v) is 5.88. The maximum Gasteiger partial charge on any atom is 0.124 e. The molecule has 0 heterocycles. The summed E-state index contributed by atoms with van der Waals surface area (Å²) in [6.07, 6.45) is 2.10. The molecule has 1 fully saturated rings. The SMILES string of the molecule is CC(C)(N)C1(c2cc(F)cc(Br)c2)CC1. The van der Waals surface area contributed by atoms with Crippen molar-refractivity contribution in [3.05, 3.63) is 34.1 Å². The highest BCUT2D eigenvalue weighted by Crippen LogP contribution is 2.55. The number of benzene rings is 1. The third-order valence-corrected chi connectivity index (χ3v) is 3.86. The van der Waals surface area contributed by atoms with Crippen LogP contribution in [-0.2, 0) is 5.41 Å². The first kappa shape index (κ1) is 11.1. The van der Waals surface area contributed by atoms with Crippen molar-refractivity contribution in [3.63, 3.8) is 0 Å². The molecule has 1 aromatic rings. The number of nitrogens with two attached hydrogens (primary N) is 1. The van der Waals surface area contributed by atoms with Crippen molar-refractivity contribution < 1.29 is 4.39 Å². The zero-order valence-corrected chi connectivity index (χ0v) is 10.6. The normalized spacial score (nSPS) is 19.0. The Hall–Kier alpha value is -0.410. The smallest absolute Gasteiger partial charge is 0.124 e. The first-order chi connectivity index (χ1) is 6.85. The summed E-state index contributed by atoms with van der Waals surface area (Å²) in [4.78, 5) is 0. The van der Waals surface area contributed by atoms with Crippen LogP contribution in [-0.4, -0.2) is 5.54 Å². The molecular weight excluding hydrogens is 257 g/mol. The van der Waals surface area contributed by atoms with Crippen LogP contribution in [0, 0.1) is 5.82 Å². The molecule has 15 heavy (non-hydrogen) atoms. The molecule has 2 N–H and O–H groups in total. The maximum atomic E-state index is 13.3. The largest absolute Gasteiger partial charge is 0.325 e. The average molecular weight is 272 g/mol. The van der Waals surface area contributed by atoms with E-state index < -0.39 is 0 Å². The van der Waals surface area contributed by atoms with Gasteiger partial charge in [0.05, 0.1) is 0 Å². The molecule has 1 nitrogen and oxygen atoms in total. The van der Waals surface area contributed by atoms with E-state index in [4.69, 9.17) is 5.73 Å². The standard InChI is InChI=1S/C12H15BrFN/c1-11(2,15)12(3-4-12)8-5-9(13)7-10(14)6-8/h5-7H,3-4,15H2,1-2H3. The first-order valence-corrected chi connectivity index (χ1v) is 5.90. The van der Waals surface area contributed by atoms with Crippen molar-refractivity contribution in [2.75, 3.05) is 0 Å². The molecule has 0 unspecified atom stereocenters. The van der Waals surface area contributed by atoms with Crippen molar-refractivity contribution in [3.8, 4) is 0 Å². The molecule has 1 aliphatic carbocycles. The van der Waals surface area contributed by atoms with Crippen molar-refractivity contribution in [2.24, 2.45) is 5.73 Å². The summed E-state index contributed by atoms with van der Waals surface area (Å²) in [5.41, 5.74) is 6.86. The van der Waals surface area contributed by atoms with E-state index in [1.165, 1.54) is 6.07 Å². The molecule has 1 saturated carbocycles. The lowest BCUT2D eigenvalue weighted by atomic mass is 9.79. The van der Waals surface area contributed by atoms with Gasteiger partial charge in [0.1, 0.15) is 5.82 Å². The Morgan fingerprint density at radius 1 is 1.33 bits per heavy atom. The third kappa shape index (κ3) is 1.83. The molecule has 0 radical (unpaired) electrons. The van der Waals surface area contributed by atoms with Gasteiger partial charge in [0.2, 0.25) is 0 Å². The van der Waals surface area contributed by atoms with E-state index >= 15 is 0 Å². The molecule has 0 bridgehead atoms. The highest BCUT2D eigenvalue weighted by molar-refractivity contribution is 9.10. The Morgan fingerprint density at radius 2 is 1.93 bits per heavy atom. The van der Waals surface area contributed by atoms with E-state index in [0.29, 0.717) is 0 Å². The molecule has 1 aromatic carbocycles. The van der Waals surface area contributed by atoms with Gasteiger partial charge in [-0.05, 0) is 50.5 Å². The van der Waals surface area contributed by atoms with E-state index in [2.05, 4.69) is 15.9 Å². The van der Waals surface area contributed by atoms with Crippen LogP contribution >= 0.6 is 15.9 Å². The lowest BCUT2D eigenvalue weighted by Crippen LogP contribution is -2.45. The summed E-state index contributed by atoms with van der Waals surface area (Å²) in [5, 5.41) is 0. The summed E-state index contributed by atoms with van der Waals surface area (Å²) in [7, 11) is 0. The zero-order valence-electron chi connectivity index (χ0n) is 8.98. The minimum absolute atomic E-state index is 0.0301. The van der Waals surface area contributed by atoms with Gasteiger partial charge in [-0.1, -0.05) is 15.9 Å². The molecule has 0 spiro atoms. The van der Waals surface area contributed by atoms with E-state index in [9.17, 15) is 4.39 Å². The molecule has 0 aliphatic heterocycles. The zero-order chi connectivity index (χ0) is 11.3. The lowest BCUT2D eigenvalue weighted by Gasteiger charge is -2.31. The Morgan fingerprint density at radius 3 is 2.33 bits per heavy atom. The highest BCUT2D eigenvalue weighted by Gasteiger charge is 2.53. The second kappa shape index (κ2) is 3.29. The summed E-state index contributed by atoms with van der Waals surface area (Å²) in [5.74, 6) is -0.199. The molecule has 3 heteroatoms. The average Bonchev–Trinajstić information content (AvgIpc) is 2.79. The maximum absolute atomic E-state index is 13.3. The van der Waals surface area contributed by atoms with E-state index in [1.807, 2.05) is 19.9 Å². The molecule has 0 aromatic heterocycles. The Labute approximate surface area is 98.0 Å². The number of rotatable bonds is 2. The van der Waals surface area contributed by atoms with E-state index in [-0.39, 0.29) is 16.8 Å². The predicted molar refractivity (Wildman–Crippen MR) is 63.3 cm³/mol. The Balaban J connectivity index is 2.46. The minimum Gasteiger partial charge on any atom is -0.325 e. The fourth-order valence-corrected chi connectivity index (χ4v) is 2.73. The van der Waals surface area contributed by atoms with Crippen molar-refractivity contribution in [2.45, 2.75) is 37.6 Å². The number of hydrogen-bond donors (Lipinski definition) is 1. The van der Waals surface area contributed by atoms with Gasteiger partial charge >= 0.3 is 0 Å². The molecule has 0 atom stereocenters. The second-order valence-electron chi connectivity index (χ2n) is 4.96.